The third kappa shape index (κ3) is 2.32. The molecule has 1 aliphatic carbocycles. The number of nitrogens with zero attached hydrogens (tertiary/aromatic N) is 2. The van der Waals surface area contributed by atoms with Crippen LogP contribution < -0.4 is 10.6 Å². The van der Waals surface area contributed by atoms with Gasteiger partial charge in [-0.2, -0.15) is 5.10 Å². The van der Waals surface area contributed by atoms with Gasteiger partial charge in [0.05, 0.1) is 5.69 Å². The first-order chi connectivity index (χ1) is 7.92. The summed E-state index contributed by atoms with van der Waals surface area (Å²) in [7, 11) is 0. The molecule has 0 radical (unpaired) electrons. The van der Waals surface area contributed by atoms with E-state index in [1.54, 1.807) is 0 Å². The minimum atomic E-state index is 0.602. The van der Waals surface area contributed by atoms with E-state index in [0.717, 1.165) is 24.6 Å². The first-order valence-corrected chi connectivity index (χ1v) is 6.23. The lowest BCUT2D eigenvalue weighted by Gasteiger charge is -2.11. The third-order valence-electron chi connectivity index (χ3n) is 3.37. The second-order valence-corrected chi connectivity index (χ2v) is 4.79. The zero-order valence-corrected chi connectivity index (χ0v) is 9.45. The van der Waals surface area contributed by atoms with Crippen LogP contribution in [0.25, 0.3) is 0 Å². The molecule has 1 saturated heterocycles. The molecule has 0 bridgehead atoms. The van der Waals surface area contributed by atoms with Gasteiger partial charge in [-0.15, -0.1) is 5.10 Å². The molecule has 4 heteroatoms. The number of anilines is 1. The first kappa shape index (κ1) is 10.0. The van der Waals surface area contributed by atoms with Gasteiger partial charge in [0, 0.05) is 18.5 Å². The molecule has 86 valence electrons. The molecule has 1 aliphatic heterocycles. The van der Waals surface area contributed by atoms with E-state index in [4.69, 9.17) is 0 Å². The summed E-state index contributed by atoms with van der Waals surface area (Å²) < 4.78 is 0. The maximum atomic E-state index is 4.25. The summed E-state index contributed by atoms with van der Waals surface area (Å²) >= 11 is 0. The number of hydrogen-bond donors (Lipinski definition) is 2. The molecule has 2 heterocycles. The highest BCUT2D eigenvalue weighted by Crippen LogP contribution is 2.38. The van der Waals surface area contributed by atoms with E-state index < -0.39 is 0 Å². The van der Waals surface area contributed by atoms with Crippen LogP contribution in [0.15, 0.2) is 12.1 Å². The fourth-order valence-electron chi connectivity index (χ4n) is 2.19. The van der Waals surface area contributed by atoms with Gasteiger partial charge in [0.2, 0.25) is 0 Å². The van der Waals surface area contributed by atoms with Crippen LogP contribution in [0.2, 0.25) is 0 Å². The summed E-state index contributed by atoms with van der Waals surface area (Å²) in [5, 5.41) is 15.3. The van der Waals surface area contributed by atoms with Gasteiger partial charge in [-0.1, -0.05) is 0 Å². The van der Waals surface area contributed by atoms with Gasteiger partial charge < -0.3 is 10.6 Å². The normalized spacial score (nSPS) is 24.6. The molecule has 1 saturated carbocycles. The lowest BCUT2D eigenvalue weighted by Crippen LogP contribution is -2.29. The second-order valence-electron chi connectivity index (χ2n) is 4.79. The zero-order valence-electron chi connectivity index (χ0n) is 9.45. The number of nitrogens with one attached hydrogen (secondary N) is 2. The van der Waals surface area contributed by atoms with E-state index in [0.29, 0.717) is 12.0 Å². The Morgan fingerprint density at radius 3 is 2.81 bits per heavy atom. The zero-order chi connectivity index (χ0) is 10.8. The Balaban J connectivity index is 1.53. The highest BCUT2D eigenvalue weighted by molar-refractivity contribution is 5.34. The minimum Gasteiger partial charge on any atom is -0.367 e. The summed E-state index contributed by atoms with van der Waals surface area (Å²) in [5.74, 6) is 1.59. The molecular formula is C12H18N4. The Labute approximate surface area is 95.8 Å². The molecule has 3 rings (SSSR count). The van der Waals surface area contributed by atoms with Gasteiger partial charge in [-0.05, 0) is 44.4 Å². The topological polar surface area (TPSA) is 49.8 Å². The molecule has 2 N–H and O–H groups in total. The Morgan fingerprint density at radius 1 is 1.25 bits per heavy atom. The van der Waals surface area contributed by atoms with Crippen molar-refractivity contribution in [3.05, 3.63) is 17.8 Å². The Morgan fingerprint density at radius 2 is 2.19 bits per heavy atom. The van der Waals surface area contributed by atoms with Crippen molar-refractivity contribution in [1.82, 2.24) is 15.5 Å². The van der Waals surface area contributed by atoms with Crippen LogP contribution in [0.1, 0.15) is 37.3 Å². The summed E-state index contributed by atoms with van der Waals surface area (Å²) in [6, 6.07) is 4.76. The van der Waals surface area contributed by atoms with Gasteiger partial charge in [0.15, 0.2) is 0 Å². The molecule has 4 nitrogen and oxygen atoms in total. The van der Waals surface area contributed by atoms with Crippen molar-refractivity contribution < 1.29 is 0 Å². The van der Waals surface area contributed by atoms with Crippen LogP contribution >= 0.6 is 0 Å². The van der Waals surface area contributed by atoms with E-state index in [1.165, 1.54) is 25.7 Å². The molecular weight excluding hydrogens is 200 g/mol. The van der Waals surface area contributed by atoms with E-state index >= 15 is 0 Å². The van der Waals surface area contributed by atoms with Crippen molar-refractivity contribution in [2.45, 2.75) is 37.6 Å². The molecule has 0 aromatic carbocycles. The lowest BCUT2D eigenvalue weighted by molar-refractivity contribution is 0.631. The van der Waals surface area contributed by atoms with Crippen LogP contribution in [-0.2, 0) is 0 Å². The van der Waals surface area contributed by atoms with Crippen molar-refractivity contribution in [2.75, 3.05) is 18.4 Å². The molecule has 1 unspecified atom stereocenters. The standard InChI is InChI=1S/C12H18N4/c1-2-10(13-7-1)8-14-12-6-5-11(15-16-12)9-3-4-9/h5-6,9-10,13H,1-4,7-8H2,(H,14,16). The van der Waals surface area contributed by atoms with Gasteiger partial charge in [-0.25, -0.2) is 0 Å². The monoisotopic (exact) mass is 218 g/mol. The SMILES string of the molecule is c1cc(C2CC2)nnc1NCC1CCCN1. The molecule has 0 amide bonds. The van der Waals surface area contributed by atoms with Crippen LogP contribution in [0, 0.1) is 0 Å². The van der Waals surface area contributed by atoms with E-state index in [1.807, 2.05) is 0 Å². The smallest absolute Gasteiger partial charge is 0.148 e. The molecule has 1 atom stereocenters. The summed E-state index contributed by atoms with van der Waals surface area (Å²) in [6.07, 6.45) is 5.13. The quantitative estimate of drug-likeness (QED) is 0.804. The molecule has 0 spiro atoms. The molecule has 1 aromatic heterocycles. The average molecular weight is 218 g/mol. The predicted octanol–water partition coefficient (Wildman–Crippen LogP) is 1.52. The van der Waals surface area contributed by atoms with Gasteiger partial charge >= 0.3 is 0 Å². The third-order valence-corrected chi connectivity index (χ3v) is 3.37. The lowest BCUT2D eigenvalue weighted by atomic mass is 10.2. The highest BCUT2D eigenvalue weighted by atomic mass is 15.2. The number of hydrogen-bond acceptors (Lipinski definition) is 4. The van der Waals surface area contributed by atoms with Crippen LogP contribution in [0.3, 0.4) is 0 Å². The number of aromatic nitrogens is 2. The fraction of sp³-hybridized carbons (Fsp3) is 0.667. The number of rotatable bonds is 4. The van der Waals surface area contributed by atoms with Crippen molar-refractivity contribution in [2.24, 2.45) is 0 Å². The molecule has 2 aliphatic rings. The van der Waals surface area contributed by atoms with Gasteiger partial charge in [0.25, 0.3) is 0 Å². The molecule has 2 fully saturated rings. The molecule has 16 heavy (non-hydrogen) atoms. The van der Waals surface area contributed by atoms with Gasteiger partial charge in [0.1, 0.15) is 5.82 Å². The first-order valence-electron chi connectivity index (χ1n) is 6.23. The van der Waals surface area contributed by atoms with Crippen LogP contribution in [0.4, 0.5) is 5.82 Å². The second kappa shape index (κ2) is 4.37. The van der Waals surface area contributed by atoms with Crippen molar-refractivity contribution in [3.63, 3.8) is 0 Å². The summed E-state index contributed by atoms with van der Waals surface area (Å²) in [6.45, 7) is 2.11. The van der Waals surface area contributed by atoms with Crippen LogP contribution in [-0.4, -0.2) is 29.3 Å². The summed E-state index contributed by atoms with van der Waals surface area (Å²) in [5.41, 5.74) is 1.16. The van der Waals surface area contributed by atoms with Crippen molar-refractivity contribution in [3.8, 4) is 0 Å². The van der Waals surface area contributed by atoms with E-state index in [-0.39, 0.29) is 0 Å². The maximum Gasteiger partial charge on any atom is 0.148 e. The Hall–Kier alpha value is -1.16. The van der Waals surface area contributed by atoms with Crippen molar-refractivity contribution in [1.29, 1.82) is 0 Å². The van der Waals surface area contributed by atoms with Crippen molar-refractivity contribution >= 4 is 5.82 Å². The van der Waals surface area contributed by atoms with E-state index in [9.17, 15) is 0 Å². The molecule has 1 aromatic rings. The Bertz CT molecular complexity index is 339. The Kier molecular flexibility index (Phi) is 2.74. The maximum absolute atomic E-state index is 4.25. The summed E-state index contributed by atoms with van der Waals surface area (Å²) in [4.78, 5) is 0. The fourth-order valence-corrected chi connectivity index (χ4v) is 2.19. The largest absolute Gasteiger partial charge is 0.367 e. The highest BCUT2D eigenvalue weighted by Gasteiger charge is 2.25. The predicted molar refractivity (Wildman–Crippen MR) is 63.5 cm³/mol. The van der Waals surface area contributed by atoms with E-state index in [2.05, 4.69) is 33.0 Å². The average Bonchev–Trinajstić information content (AvgIpc) is 3.05. The van der Waals surface area contributed by atoms with Crippen LogP contribution in [0.5, 0.6) is 0 Å². The van der Waals surface area contributed by atoms with Gasteiger partial charge in [-0.3, -0.25) is 0 Å². The minimum absolute atomic E-state index is 0.602.